The van der Waals surface area contributed by atoms with Gasteiger partial charge in [0, 0.05) is 11.1 Å². The van der Waals surface area contributed by atoms with Crippen molar-refractivity contribution in [2.24, 2.45) is 5.73 Å². The Morgan fingerprint density at radius 2 is 1.89 bits per heavy atom. The van der Waals surface area contributed by atoms with E-state index in [4.69, 9.17) is 10.2 Å². The van der Waals surface area contributed by atoms with E-state index in [1.54, 1.807) is 18.2 Å². The summed E-state index contributed by atoms with van der Waals surface area (Å²) in [6.45, 7) is 2.02. The number of hydrogen-bond donors (Lipinski definition) is 1. The molecule has 0 aliphatic heterocycles. The summed E-state index contributed by atoms with van der Waals surface area (Å²) < 4.78 is 5.67. The van der Waals surface area contributed by atoms with E-state index in [-0.39, 0.29) is 0 Å². The average molecular weight is 252 g/mol. The average Bonchev–Trinajstić information content (AvgIpc) is 2.82. The number of hydrogen-bond acceptors (Lipinski definition) is 3. The van der Waals surface area contributed by atoms with E-state index in [1.807, 2.05) is 31.2 Å². The van der Waals surface area contributed by atoms with Crippen LogP contribution in [0.5, 0.6) is 0 Å². The lowest BCUT2D eigenvalue weighted by Gasteiger charge is -1.95. The standard InChI is InChI=1S/C15H12N2O2/c1-9-2-4-10(5-3-9)15-17-12-8-11(14(16)18)6-7-13(12)19-15/h2-8H,1H3,(H2,16,18). The number of primary amides is 1. The Hall–Kier alpha value is -2.62. The molecule has 0 unspecified atom stereocenters. The van der Waals surface area contributed by atoms with Crippen LogP contribution in [0.25, 0.3) is 22.6 Å². The van der Waals surface area contributed by atoms with Gasteiger partial charge in [0.25, 0.3) is 0 Å². The highest BCUT2D eigenvalue weighted by Gasteiger charge is 2.10. The zero-order valence-corrected chi connectivity index (χ0v) is 10.4. The van der Waals surface area contributed by atoms with Crippen LogP contribution < -0.4 is 5.73 Å². The first-order valence-corrected chi connectivity index (χ1v) is 5.91. The number of nitrogens with two attached hydrogens (primary N) is 1. The lowest BCUT2D eigenvalue weighted by molar-refractivity contribution is 0.100. The summed E-state index contributed by atoms with van der Waals surface area (Å²) in [5, 5.41) is 0. The number of carbonyl (C=O) groups is 1. The summed E-state index contributed by atoms with van der Waals surface area (Å²) >= 11 is 0. The third-order valence-electron chi connectivity index (χ3n) is 2.97. The van der Waals surface area contributed by atoms with Gasteiger partial charge in [0.05, 0.1) is 0 Å². The summed E-state index contributed by atoms with van der Waals surface area (Å²) in [6, 6.07) is 12.9. The predicted octanol–water partition coefficient (Wildman–Crippen LogP) is 2.90. The summed E-state index contributed by atoms with van der Waals surface area (Å²) in [4.78, 5) is 15.5. The highest BCUT2D eigenvalue weighted by Crippen LogP contribution is 2.25. The van der Waals surface area contributed by atoms with E-state index in [2.05, 4.69) is 4.98 Å². The van der Waals surface area contributed by atoms with Crippen molar-refractivity contribution in [3.63, 3.8) is 0 Å². The maximum absolute atomic E-state index is 11.1. The number of aryl methyl sites for hydroxylation is 1. The van der Waals surface area contributed by atoms with E-state index < -0.39 is 5.91 Å². The molecule has 1 amide bonds. The molecule has 1 heterocycles. The van der Waals surface area contributed by atoms with Gasteiger partial charge in [-0.1, -0.05) is 17.7 Å². The fraction of sp³-hybridized carbons (Fsp3) is 0.0667. The lowest BCUT2D eigenvalue weighted by Crippen LogP contribution is -2.10. The third-order valence-corrected chi connectivity index (χ3v) is 2.97. The first kappa shape index (κ1) is 11.5. The number of benzene rings is 2. The van der Waals surface area contributed by atoms with Crippen LogP contribution in [-0.4, -0.2) is 10.9 Å². The molecule has 3 rings (SSSR count). The monoisotopic (exact) mass is 252 g/mol. The summed E-state index contributed by atoms with van der Waals surface area (Å²) in [6.07, 6.45) is 0. The molecule has 94 valence electrons. The minimum absolute atomic E-state index is 0.427. The van der Waals surface area contributed by atoms with E-state index in [9.17, 15) is 4.79 Å². The maximum atomic E-state index is 11.1. The van der Waals surface area contributed by atoms with Gasteiger partial charge in [-0.2, -0.15) is 0 Å². The topological polar surface area (TPSA) is 69.1 Å². The SMILES string of the molecule is Cc1ccc(-c2nc3cc(C(N)=O)ccc3o2)cc1. The first-order chi connectivity index (χ1) is 9.13. The number of aromatic nitrogens is 1. The molecular weight excluding hydrogens is 240 g/mol. The van der Waals surface area contributed by atoms with E-state index in [0.29, 0.717) is 22.6 Å². The van der Waals surface area contributed by atoms with Crippen molar-refractivity contribution in [3.8, 4) is 11.5 Å². The second-order valence-corrected chi connectivity index (χ2v) is 4.43. The molecule has 2 aromatic carbocycles. The van der Waals surface area contributed by atoms with Gasteiger partial charge in [-0.3, -0.25) is 4.79 Å². The Morgan fingerprint density at radius 3 is 2.58 bits per heavy atom. The van der Waals surface area contributed by atoms with Gasteiger partial charge >= 0.3 is 0 Å². The Balaban J connectivity index is 2.11. The fourth-order valence-corrected chi connectivity index (χ4v) is 1.90. The van der Waals surface area contributed by atoms with Crippen molar-refractivity contribution < 1.29 is 9.21 Å². The molecule has 0 atom stereocenters. The van der Waals surface area contributed by atoms with Crippen molar-refractivity contribution in [1.29, 1.82) is 0 Å². The van der Waals surface area contributed by atoms with Crippen molar-refractivity contribution in [2.75, 3.05) is 0 Å². The Kier molecular flexibility index (Phi) is 2.56. The normalized spacial score (nSPS) is 10.8. The van der Waals surface area contributed by atoms with Crippen molar-refractivity contribution >= 4 is 17.0 Å². The Morgan fingerprint density at radius 1 is 1.16 bits per heavy atom. The summed E-state index contributed by atoms with van der Waals surface area (Å²) in [5.74, 6) is 0.0680. The molecule has 3 aromatic rings. The molecule has 0 saturated carbocycles. The third kappa shape index (κ3) is 2.08. The van der Waals surface area contributed by atoms with Gasteiger partial charge in [-0.05, 0) is 37.3 Å². The number of carbonyl (C=O) groups excluding carboxylic acids is 1. The second-order valence-electron chi connectivity index (χ2n) is 4.43. The van der Waals surface area contributed by atoms with Crippen molar-refractivity contribution in [1.82, 2.24) is 4.98 Å². The summed E-state index contributed by atoms with van der Waals surface area (Å²) in [5.41, 5.74) is 9.02. The molecule has 0 aliphatic carbocycles. The van der Waals surface area contributed by atoms with Crippen LogP contribution in [-0.2, 0) is 0 Å². The maximum Gasteiger partial charge on any atom is 0.248 e. The predicted molar refractivity (Wildman–Crippen MR) is 72.7 cm³/mol. The molecule has 0 fully saturated rings. The van der Waals surface area contributed by atoms with Gasteiger partial charge < -0.3 is 10.2 Å². The van der Waals surface area contributed by atoms with E-state index in [1.165, 1.54) is 5.56 Å². The van der Waals surface area contributed by atoms with Crippen LogP contribution in [0.3, 0.4) is 0 Å². The molecule has 0 aliphatic rings. The molecule has 4 nitrogen and oxygen atoms in total. The molecule has 0 saturated heterocycles. The molecule has 4 heteroatoms. The van der Waals surface area contributed by atoms with Gasteiger partial charge in [-0.25, -0.2) is 4.98 Å². The van der Waals surface area contributed by atoms with Crippen molar-refractivity contribution in [3.05, 3.63) is 53.6 Å². The Bertz CT molecular complexity index is 757. The minimum Gasteiger partial charge on any atom is -0.436 e. The van der Waals surface area contributed by atoms with Crippen LogP contribution >= 0.6 is 0 Å². The van der Waals surface area contributed by atoms with Crippen LogP contribution in [0.1, 0.15) is 15.9 Å². The highest BCUT2D eigenvalue weighted by molar-refractivity contribution is 5.96. The molecule has 1 aromatic heterocycles. The minimum atomic E-state index is -0.471. The molecular formula is C15H12N2O2. The smallest absolute Gasteiger partial charge is 0.248 e. The zero-order valence-electron chi connectivity index (χ0n) is 10.4. The van der Waals surface area contributed by atoms with Gasteiger partial charge in [0.15, 0.2) is 5.58 Å². The second kappa shape index (κ2) is 4.24. The van der Waals surface area contributed by atoms with Gasteiger partial charge in [0.1, 0.15) is 5.52 Å². The van der Waals surface area contributed by atoms with E-state index in [0.717, 1.165) is 5.56 Å². The van der Waals surface area contributed by atoms with Crippen LogP contribution in [0.4, 0.5) is 0 Å². The number of oxazole rings is 1. The molecule has 2 N–H and O–H groups in total. The lowest BCUT2D eigenvalue weighted by atomic mass is 10.1. The van der Waals surface area contributed by atoms with Gasteiger partial charge in [0.2, 0.25) is 11.8 Å². The molecule has 0 radical (unpaired) electrons. The van der Waals surface area contributed by atoms with Crippen molar-refractivity contribution in [2.45, 2.75) is 6.92 Å². The molecule has 19 heavy (non-hydrogen) atoms. The number of fused-ring (bicyclic) bond motifs is 1. The van der Waals surface area contributed by atoms with Gasteiger partial charge in [-0.15, -0.1) is 0 Å². The Labute approximate surface area is 109 Å². The zero-order chi connectivity index (χ0) is 13.4. The van der Waals surface area contributed by atoms with E-state index >= 15 is 0 Å². The molecule has 0 spiro atoms. The quantitative estimate of drug-likeness (QED) is 0.762. The van der Waals surface area contributed by atoms with Crippen LogP contribution in [0.15, 0.2) is 46.9 Å². The van der Waals surface area contributed by atoms with Crippen LogP contribution in [0.2, 0.25) is 0 Å². The van der Waals surface area contributed by atoms with Crippen LogP contribution in [0, 0.1) is 6.92 Å². The molecule has 0 bridgehead atoms. The largest absolute Gasteiger partial charge is 0.436 e. The number of amides is 1. The first-order valence-electron chi connectivity index (χ1n) is 5.91. The summed E-state index contributed by atoms with van der Waals surface area (Å²) in [7, 11) is 0. The number of rotatable bonds is 2. The fourth-order valence-electron chi connectivity index (χ4n) is 1.90. The highest BCUT2D eigenvalue weighted by atomic mass is 16.3. The number of nitrogens with zero attached hydrogens (tertiary/aromatic N) is 1.